The number of nitrogens with zero attached hydrogens (tertiary/aromatic N) is 4. The molecule has 4 rings (SSSR count). The Balaban J connectivity index is 1.54. The molecule has 1 N–H and O–H groups in total. The second-order valence-corrected chi connectivity index (χ2v) is 6.81. The maximum atomic E-state index is 13.2. The molecule has 1 atom stereocenters. The van der Waals surface area contributed by atoms with Gasteiger partial charge in [0.1, 0.15) is 0 Å². The zero-order valence-electron chi connectivity index (χ0n) is 13.3. The number of carbonyl (C=O) groups is 1. The van der Waals surface area contributed by atoms with Crippen molar-refractivity contribution < 1.29 is 4.79 Å². The van der Waals surface area contributed by atoms with E-state index in [0.29, 0.717) is 6.54 Å². The van der Waals surface area contributed by atoms with Crippen molar-refractivity contribution >= 4 is 5.91 Å². The number of piperidine rings is 1. The number of carbonyl (C=O) groups excluding carboxylic acids is 1. The highest BCUT2D eigenvalue weighted by Gasteiger charge is 2.53. The predicted molar refractivity (Wildman–Crippen MR) is 84.8 cm³/mol. The van der Waals surface area contributed by atoms with Crippen LogP contribution in [-0.4, -0.2) is 44.5 Å². The first-order valence-corrected chi connectivity index (χ1v) is 8.29. The summed E-state index contributed by atoms with van der Waals surface area (Å²) >= 11 is 0. The topological polar surface area (TPSA) is 74.8 Å². The second-order valence-electron chi connectivity index (χ2n) is 6.81. The number of aromatic amines is 1. The molecule has 1 aromatic carbocycles. The van der Waals surface area contributed by atoms with Crippen LogP contribution in [0.5, 0.6) is 0 Å². The fourth-order valence-corrected chi connectivity index (χ4v) is 3.71. The van der Waals surface area contributed by atoms with Crippen molar-refractivity contribution in [2.24, 2.45) is 0 Å². The summed E-state index contributed by atoms with van der Waals surface area (Å²) in [7, 11) is 0. The molecule has 120 valence electrons. The van der Waals surface area contributed by atoms with Gasteiger partial charge in [-0.05, 0) is 38.2 Å². The van der Waals surface area contributed by atoms with Gasteiger partial charge in [-0.15, -0.1) is 10.2 Å². The molecule has 1 saturated carbocycles. The molecule has 6 heteroatoms. The molecular formula is C17H21N5O. The lowest BCUT2D eigenvalue weighted by atomic mass is 9.90. The van der Waals surface area contributed by atoms with Crippen LogP contribution in [-0.2, 0) is 10.2 Å². The van der Waals surface area contributed by atoms with Gasteiger partial charge in [-0.1, -0.05) is 35.0 Å². The van der Waals surface area contributed by atoms with Crippen LogP contribution in [0, 0.1) is 6.92 Å². The number of rotatable bonds is 3. The number of amides is 1. The molecule has 2 fully saturated rings. The van der Waals surface area contributed by atoms with E-state index in [-0.39, 0.29) is 17.2 Å². The van der Waals surface area contributed by atoms with Crippen LogP contribution in [0.15, 0.2) is 24.3 Å². The molecule has 23 heavy (non-hydrogen) atoms. The molecule has 2 heterocycles. The van der Waals surface area contributed by atoms with Crippen molar-refractivity contribution in [3.63, 3.8) is 0 Å². The van der Waals surface area contributed by atoms with Gasteiger partial charge in [-0.25, -0.2) is 0 Å². The first-order valence-electron chi connectivity index (χ1n) is 8.29. The summed E-state index contributed by atoms with van der Waals surface area (Å²) in [6.45, 7) is 3.61. The van der Waals surface area contributed by atoms with E-state index in [2.05, 4.69) is 51.8 Å². The molecule has 1 aliphatic heterocycles. The van der Waals surface area contributed by atoms with Crippen molar-refractivity contribution in [3.8, 4) is 0 Å². The zero-order valence-corrected chi connectivity index (χ0v) is 13.3. The fraction of sp³-hybridized carbons (Fsp3) is 0.529. The average molecular weight is 311 g/mol. The van der Waals surface area contributed by atoms with Gasteiger partial charge in [0.2, 0.25) is 5.91 Å². The third kappa shape index (κ3) is 2.52. The van der Waals surface area contributed by atoms with Crippen LogP contribution < -0.4 is 0 Å². The molecule has 1 aliphatic carbocycles. The highest BCUT2D eigenvalue weighted by atomic mass is 16.2. The Bertz CT molecular complexity index is 708. The first-order chi connectivity index (χ1) is 11.2. The quantitative estimate of drug-likeness (QED) is 0.940. The highest BCUT2D eigenvalue weighted by Crippen LogP contribution is 2.50. The summed E-state index contributed by atoms with van der Waals surface area (Å²) in [5.74, 6) is 1.19. The normalized spacial score (nSPS) is 22.8. The molecule has 0 bridgehead atoms. The molecule has 6 nitrogen and oxygen atoms in total. The first kappa shape index (κ1) is 14.4. The van der Waals surface area contributed by atoms with E-state index in [0.717, 1.165) is 38.1 Å². The summed E-state index contributed by atoms with van der Waals surface area (Å²) in [6, 6.07) is 8.39. The van der Waals surface area contributed by atoms with E-state index in [4.69, 9.17) is 0 Å². The third-order valence-corrected chi connectivity index (χ3v) is 5.17. The molecule has 2 aliphatic rings. The lowest BCUT2D eigenvalue weighted by Crippen LogP contribution is -2.44. The summed E-state index contributed by atoms with van der Waals surface area (Å²) in [6.07, 6.45) is 3.92. The average Bonchev–Trinajstić information content (AvgIpc) is 3.21. The zero-order chi connectivity index (χ0) is 15.9. The number of benzene rings is 1. The van der Waals surface area contributed by atoms with E-state index in [9.17, 15) is 4.79 Å². The Labute approximate surface area is 135 Å². The van der Waals surface area contributed by atoms with Crippen LogP contribution in [0.4, 0.5) is 0 Å². The van der Waals surface area contributed by atoms with Crippen molar-refractivity contribution in [2.75, 3.05) is 13.1 Å². The molecule has 2 aromatic rings. The fourth-order valence-electron chi connectivity index (χ4n) is 3.71. The van der Waals surface area contributed by atoms with Crippen molar-refractivity contribution in [1.29, 1.82) is 0 Å². The molecule has 1 saturated heterocycles. The van der Waals surface area contributed by atoms with Gasteiger partial charge in [0, 0.05) is 19.0 Å². The Kier molecular flexibility index (Phi) is 3.39. The predicted octanol–water partition coefficient (Wildman–Crippen LogP) is 1.95. The van der Waals surface area contributed by atoms with Gasteiger partial charge in [0.25, 0.3) is 0 Å². The summed E-state index contributed by atoms with van der Waals surface area (Å²) in [5, 5.41) is 14.3. The molecule has 0 spiro atoms. The van der Waals surface area contributed by atoms with E-state index >= 15 is 0 Å². The number of aryl methyl sites for hydroxylation is 1. The van der Waals surface area contributed by atoms with Gasteiger partial charge < -0.3 is 4.90 Å². The highest BCUT2D eigenvalue weighted by molar-refractivity contribution is 5.91. The SMILES string of the molecule is Cc1cccc(C2(C(=O)N3CCCC(c4nn[nH]n4)C3)CC2)c1. The number of tetrazole rings is 1. The number of aromatic nitrogens is 4. The van der Waals surface area contributed by atoms with Crippen molar-refractivity contribution in [3.05, 3.63) is 41.2 Å². The Morgan fingerprint density at radius 1 is 1.39 bits per heavy atom. The number of hydrogen-bond donors (Lipinski definition) is 1. The Morgan fingerprint density at radius 2 is 2.26 bits per heavy atom. The van der Waals surface area contributed by atoms with Crippen LogP contribution in [0.3, 0.4) is 0 Å². The second kappa shape index (κ2) is 5.44. The maximum Gasteiger partial charge on any atom is 0.233 e. The lowest BCUT2D eigenvalue weighted by molar-refractivity contribution is -0.135. The number of H-pyrrole nitrogens is 1. The number of nitrogens with one attached hydrogen (secondary N) is 1. The van der Waals surface area contributed by atoms with Crippen LogP contribution in [0.2, 0.25) is 0 Å². The monoisotopic (exact) mass is 311 g/mol. The summed E-state index contributed by atoms with van der Waals surface area (Å²) < 4.78 is 0. The van der Waals surface area contributed by atoms with Gasteiger partial charge in [-0.3, -0.25) is 4.79 Å². The van der Waals surface area contributed by atoms with Gasteiger partial charge in [-0.2, -0.15) is 5.21 Å². The Morgan fingerprint density at radius 3 is 2.96 bits per heavy atom. The summed E-state index contributed by atoms with van der Waals surface area (Å²) in [5.41, 5.74) is 2.10. The van der Waals surface area contributed by atoms with E-state index in [1.807, 2.05) is 4.90 Å². The number of likely N-dealkylation sites (tertiary alicyclic amines) is 1. The molecule has 0 radical (unpaired) electrons. The molecular weight excluding hydrogens is 290 g/mol. The Hall–Kier alpha value is -2.24. The molecule has 1 unspecified atom stereocenters. The van der Waals surface area contributed by atoms with E-state index in [1.165, 1.54) is 11.1 Å². The van der Waals surface area contributed by atoms with E-state index < -0.39 is 0 Å². The lowest BCUT2D eigenvalue weighted by Gasteiger charge is -2.34. The van der Waals surface area contributed by atoms with Crippen molar-refractivity contribution in [1.82, 2.24) is 25.5 Å². The van der Waals surface area contributed by atoms with Gasteiger partial charge in [0.15, 0.2) is 5.82 Å². The minimum Gasteiger partial charge on any atom is -0.341 e. The maximum absolute atomic E-state index is 13.2. The van der Waals surface area contributed by atoms with E-state index in [1.54, 1.807) is 0 Å². The van der Waals surface area contributed by atoms with Crippen LogP contribution in [0.25, 0.3) is 0 Å². The van der Waals surface area contributed by atoms with Crippen LogP contribution in [0.1, 0.15) is 48.6 Å². The van der Waals surface area contributed by atoms with Gasteiger partial charge >= 0.3 is 0 Å². The third-order valence-electron chi connectivity index (χ3n) is 5.17. The minimum atomic E-state index is -0.287. The number of hydrogen-bond acceptors (Lipinski definition) is 4. The van der Waals surface area contributed by atoms with Crippen LogP contribution >= 0.6 is 0 Å². The minimum absolute atomic E-state index is 0.194. The van der Waals surface area contributed by atoms with Crippen molar-refractivity contribution in [2.45, 2.75) is 43.9 Å². The summed E-state index contributed by atoms with van der Waals surface area (Å²) in [4.78, 5) is 15.2. The molecule has 1 aromatic heterocycles. The molecule has 1 amide bonds. The smallest absolute Gasteiger partial charge is 0.233 e. The standard InChI is InChI=1S/C17H21N5O/c1-12-4-2-6-14(10-12)17(7-8-17)16(23)22-9-3-5-13(11-22)15-18-20-21-19-15/h2,4,6,10,13H,3,5,7-9,11H2,1H3,(H,18,19,20,21). The largest absolute Gasteiger partial charge is 0.341 e. The van der Waals surface area contributed by atoms with Gasteiger partial charge in [0.05, 0.1) is 5.41 Å².